The Kier molecular flexibility index (Phi) is 7.99. The maximum absolute atomic E-state index is 11.2. The van der Waals surface area contributed by atoms with E-state index in [2.05, 4.69) is 39.9 Å². The molecule has 0 aliphatic carbocycles. The van der Waals surface area contributed by atoms with E-state index >= 15 is 0 Å². The molecule has 0 aliphatic heterocycles. The van der Waals surface area contributed by atoms with Crippen molar-refractivity contribution in [3.8, 4) is 0 Å². The van der Waals surface area contributed by atoms with E-state index in [9.17, 15) is 4.79 Å². The van der Waals surface area contributed by atoms with E-state index in [-0.39, 0.29) is 5.91 Å². The van der Waals surface area contributed by atoms with Gasteiger partial charge in [-0.05, 0) is 32.0 Å². The van der Waals surface area contributed by atoms with Crippen molar-refractivity contribution in [2.45, 2.75) is 26.3 Å². The number of nitrogens with one attached hydrogen (secondary N) is 2. The standard InChI is InChI=1S/C17H24ClN5OS/c1-11(13-7-14(18)9-15(8-13)21-12(2)24)22-17(3,4)16(23-19)10-20-5-6-25/h7-10,22,25H,1,5-6,19H2,2-4H3,(H,21,24)/b20-10?,23-16+. The fourth-order valence-corrected chi connectivity index (χ4v) is 2.47. The molecule has 0 aromatic heterocycles. The summed E-state index contributed by atoms with van der Waals surface area (Å²) in [6, 6.07) is 5.21. The number of amides is 1. The molecule has 0 fully saturated rings. The zero-order valence-corrected chi connectivity index (χ0v) is 16.3. The number of rotatable bonds is 8. The number of anilines is 1. The molecule has 1 rings (SSSR count). The van der Waals surface area contributed by atoms with Crippen molar-refractivity contribution in [1.82, 2.24) is 5.32 Å². The first-order chi connectivity index (χ1) is 11.7. The molecule has 0 saturated carbocycles. The molecule has 1 aromatic carbocycles. The van der Waals surface area contributed by atoms with Crippen molar-refractivity contribution in [1.29, 1.82) is 0 Å². The normalized spacial score (nSPS) is 12.3. The van der Waals surface area contributed by atoms with E-state index in [0.717, 1.165) is 5.56 Å². The van der Waals surface area contributed by atoms with Gasteiger partial charge in [0.05, 0.1) is 5.54 Å². The van der Waals surface area contributed by atoms with Crippen LogP contribution in [-0.4, -0.2) is 35.7 Å². The summed E-state index contributed by atoms with van der Waals surface area (Å²) in [6.45, 7) is 9.89. The fourth-order valence-electron chi connectivity index (χ4n) is 2.12. The van der Waals surface area contributed by atoms with Crippen LogP contribution < -0.4 is 16.5 Å². The van der Waals surface area contributed by atoms with Crippen LogP contribution in [-0.2, 0) is 4.79 Å². The Morgan fingerprint density at radius 2 is 2.12 bits per heavy atom. The predicted molar refractivity (Wildman–Crippen MR) is 111 cm³/mol. The average molecular weight is 382 g/mol. The van der Waals surface area contributed by atoms with Gasteiger partial charge in [0, 0.05) is 47.4 Å². The number of hydrazone groups is 1. The summed E-state index contributed by atoms with van der Waals surface area (Å²) in [5.74, 6) is 5.96. The summed E-state index contributed by atoms with van der Waals surface area (Å²) in [7, 11) is 0. The van der Waals surface area contributed by atoms with Gasteiger partial charge in [-0.15, -0.1) is 0 Å². The van der Waals surface area contributed by atoms with Gasteiger partial charge in [-0.3, -0.25) is 9.79 Å². The first kappa shape index (κ1) is 21.1. The van der Waals surface area contributed by atoms with Crippen LogP contribution in [0.1, 0.15) is 26.3 Å². The van der Waals surface area contributed by atoms with Crippen LogP contribution in [0, 0.1) is 0 Å². The van der Waals surface area contributed by atoms with E-state index in [0.29, 0.717) is 34.4 Å². The maximum Gasteiger partial charge on any atom is 0.221 e. The molecule has 0 saturated heterocycles. The lowest BCUT2D eigenvalue weighted by Gasteiger charge is -2.28. The van der Waals surface area contributed by atoms with Crippen LogP contribution in [0.2, 0.25) is 5.02 Å². The Hall–Kier alpha value is -1.99. The second-order valence-electron chi connectivity index (χ2n) is 5.91. The Morgan fingerprint density at radius 3 is 2.68 bits per heavy atom. The molecule has 0 atom stereocenters. The number of nitrogens with two attached hydrogens (primary N) is 1. The van der Waals surface area contributed by atoms with E-state index in [1.54, 1.807) is 24.4 Å². The third-order valence-corrected chi connectivity index (χ3v) is 3.67. The van der Waals surface area contributed by atoms with Crippen molar-refractivity contribution in [3.05, 3.63) is 35.4 Å². The highest BCUT2D eigenvalue weighted by molar-refractivity contribution is 7.80. The van der Waals surface area contributed by atoms with Crippen LogP contribution in [0.5, 0.6) is 0 Å². The zero-order chi connectivity index (χ0) is 19.0. The summed E-state index contributed by atoms with van der Waals surface area (Å²) in [6.07, 6.45) is 1.62. The van der Waals surface area contributed by atoms with Gasteiger partial charge in [0.25, 0.3) is 0 Å². The van der Waals surface area contributed by atoms with Crippen molar-refractivity contribution in [2.24, 2.45) is 15.9 Å². The lowest BCUT2D eigenvalue weighted by Crippen LogP contribution is -2.46. The summed E-state index contributed by atoms with van der Waals surface area (Å²) < 4.78 is 0. The van der Waals surface area contributed by atoms with Crippen molar-refractivity contribution in [3.63, 3.8) is 0 Å². The second kappa shape index (κ2) is 9.48. The van der Waals surface area contributed by atoms with Crippen molar-refractivity contribution >= 4 is 53.4 Å². The number of benzene rings is 1. The van der Waals surface area contributed by atoms with Crippen molar-refractivity contribution in [2.75, 3.05) is 17.6 Å². The fraction of sp³-hybridized carbons (Fsp3) is 0.353. The first-order valence-corrected chi connectivity index (χ1v) is 8.65. The number of nitrogens with zero attached hydrogens (tertiary/aromatic N) is 2. The Labute approximate surface area is 159 Å². The van der Waals surface area contributed by atoms with Gasteiger partial charge < -0.3 is 16.5 Å². The molecule has 25 heavy (non-hydrogen) atoms. The summed E-state index contributed by atoms with van der Waals surface area (Å²) in [4.78, 5) is 15.5. The Morgan fingerprint density at radius 1 is 1.44 bits per heavy atom. The lowest BCUT2D eigenvalue weighted by atomic mass is 9.97. The minimum atomic E-state index is -0.609. The summed E-state index contributed by atoms with van der Waals surface area (Å²) in [5, 5.41) is 10.3. The molecule has 0 radical (unpaired) electrons. The third-order valence-electron chi connectivity index (χ3n) is 3.25. The molecular formula is C17H24ClN5OS. The number of hydrogen-bond acceptors (Lipinski definition) is 6. The molecule has 1 aromatic rings. The molecule has 0 heterocycles. The van der Waals surface area contributed by atoms with E-state index in [1.165, 1.54) is 6.92 Å². The van der Waals surface area contributed by atoms with Crippen LogP contribution in [0.3, 0.4) is 0 Å². The van der Waals surface area contributed by atoms with Crippen LogP contribution in [0.25, 0.3) is 5.70 Å². The quantitative estimate of drug-likeness (QED) is 0.241. The lowest BCUT2D eigenvalue weighted by molar-refractivity contribution is -0.114. The van der Waals surface area contributed by atoms with Gasteiger partial charge in [0.1, 0.15) is 5.71 Å². The maximum atomic E-state index is 11.2. The smallest absolute Gasteiger partial charge is 0.221 e. The van der Waals surface area contributed by atoms with Crippen molar-refractivity contribution < 1.29 is 4.79 Å². The molecule has 136 valence electrons. The monoisotopic (exact) mass is 381 g/mol. The molecular weight excluding hydrogens is 358 g/mol. The number of thiol groups is 1. The number of carbonyl (C=O) groups excluding carboxylic acids is 1. The molecule has 0 aliphatic rings. The topological polar surface area (TPSA) is 91.9 Å². The van der Waals surface area contributed by atoms with E-state index < -0.39 is 5.54 Å². The molecule has 0 unspecified atom stereocenters. The first-order valence-electron chi connectivity index (χ1n) is 7.64. The Bertz CT molecular complexity index is 700. The average Bonchev–Trinajstić information content (AvgIpc) is 2.49. The number of aliphatic imine (C=N–C) groups is 1. The van der Waals surface area contributed by atoms with Gasteiger partial charge in [-0.2, -0.15) is 17.7 Å². The summed E-state index contributed by atoms with van der Waals surface area (Å²) >= 11 is 10.2. The minimum Gasteiger partial charge on any atom is -0.374 e. The highest BCUT2D eigenvalue weighted by Gasteiger charge is 2.24. The van der Waals surface area contributed by atoms with E-state index in [1.807, 2.05) is 13.8 Å². The van der Waals surface area contributed by atoms with Gasteiger partial charge >= 0.3 is 0 Å². The van der Waals surface area contributed by atoms with Gasteiger partial charge in [-0.25, -0.2) is 0 Å². The van der Waals surface area contributed by atoms with Crippen LogP contribution >= 0.6 is 24.2 Å². The van der Waals surface area contributed by atoms with Gasteiger partial charge in [0.2, 0.25) is 5.91 Å². The molecule has 4 N–H and O–H groups in total. The zero-order valence-electron chi connectivity index (χ0n) is 14.6. The van der Waals surface area contributed by atoms with Gasteiger partial charge in [0.15, 0.2) is 0 Å². The van der Waals surface area contributed by atoms with E-state index in [4.69, 9.17) is 17.4 Å². The third kappa shape index (κ3) is 6.80. The molecule has 1 amide bonds. The second-order valence-corrected chi connectivity index (χ2v) is 6.80. The number of carbonyl (C=O) groups is 1. The largest absolute Gasteiger partial charge is 0.374 e. The highest BCUT2D eigenvalue weighted by Crippen LogP contribution is 2.24. The molecule has 0 bridgehead atoms. The van der Waals surface area contributed by atoms with Crippen LogP contribution in [0.15, 0.2) is 34.9 Å². The summed E-state index contributed by atoms with van der Waals surface area (Å²) in [5.41, 5.74) is 1.91. The molecule has 6 nitrogen and oxygen atoms in total. The van der Waals surface area contributed by atoms with Gasteiger partial charge in [-0.1, -0.05) is 18.2 Å². The van der Waals surface area contributed by atoms with Crippen LogP contribution in [0.4, 0.5) is 5.69 Å². The highest BCUT2D eigenvalue weighted by atomic mass is 35.5. The number of halogens is 1. The molecule has 8 heteroatoms. The predicted octanol–water partition coefficient (Wildman–Crippen LogP) is 2.95. The Balaban J connectivity index is 3.00. The minimum absolute atomic E-state index is 0.176. The molecule has 0 spiro atoms. The SMILES string of the molecule is C=C(NC(C)(C)/C(C=NCCS)=N/N)c1cc(Cl)cc(NC(C)=O)c1. The number of hydrogen-bond donors (Lipinski definition) is 4.